The van der Waals surface area contributed by atoms with E-state index < -0.39 is 0 Å². The van der Waals surface area contributed by atoms with Crippen molar-refractivity contribution < 1.29 is 9.21 Å². The minimum Gasteiger partial charge on any atom is -0.464 e. The van der Waals surface area contributed by atoms with Gasteiger partial charge in [-0.2, -0.15) is 0 Å². The molecule has 2 aromatic carbocycles. The fourth-order valence-corrected chi connectivity index (χ4v) is 2.94. The summed E-state index contributed by atoms with van der Waals surface area (Å²) in [7, 11) is 0. The number of nitrogens with one attached hydrogen (secondary N) is 2. The number of hydrogen-bond acceptors (Lipinski definition) is 5. The lowest BCUT2D eigenvalue weighted by Gasteiger charge is -2.14. The van der Waals surface area contributed by atoms with Gasteiger partial charge in [0.15, 0.2) is 5.82 Å². The molecule has 0 fully saturated rings. The summed E-state index contributed by atoms with van der Waals surface area (Å²) in [5, 5.41) is 7.06. The highest BCUT2D eigenvalue weighted by Gasteiger charge is 2.14. The first-order chi connectivity index (χ1) is 14.2. The van der Waals surface area contributed by atoms with Crippen LogP contribution in [0, 0.1) is 0 Å². The number of aliphatic imine (C=N–C) groups is 1. The molecular weight excluding hydrogens is 437 g/mol. The van der Waals surface area contributed by atoms with E-state index in [4.69, 9.17) is 4.42 Å². The van der Waals surface area contributed by atoms with Gasteiger partial charge in [0.05, 0.1) is 23.7 Å². The molecule has 2 heterocycles. The number of anilines is 2. The van der Waals surface area contributed by atoms with Crippen molar-refractivity contribution in [1.29, 1.82) is 0 Å². The Balaban J connectivity index is 0.00000171. The van der Waals surface area contributed by atoms with Crippen LogP contribution in [0.3, 0.4) is 0 Å². The molecule has 0 bridgehead atoms. The number of nitrogens with zero attached hydrogens (tertiary/aromatic N) is 3. The largest absolute Gasteiger partial charge is 0.464 e. The van der Waals surface area contributed by atoms with E-state index in [2.05, 4.69) is 25.6 Å². The van der Waals surface area contributed by atoms with E-state index in [1.54, 1.807) is 18.5 Å². The Morgan fingerprint density at radius 3 is 2.68 bits per heavy atom. The molecule has 0 unspecified atom stereocenters. The van der Waals surface area contributed by atoms with E-state index in [1.807, 2.05) is 49.4 Å². The number of halogens is 2. The Kier molecular flexibility index (Phi) is 8.54. The van der Waals surface area contributed by atoms with Gasteiger partial charge in [0, 0.05) is 29.9 Å². The molecule has 0 aliphatic rings. The number of amides is 1. The van der Waals surface area contributed by atoms with Crippen LogP contribution in [-0.4, -0.2) is 28.3 Å². The van der Waals surface area contributed by atoms with Gasteiger partial charge in [-0.15, -0.1) is 24.8 Å². The Labute approximate surface area is 191 Å². The second kappa shape index (κ2) is 11.1. The number of hydrogen-bond donors (Lipinski definition) is 2. The highest BCUT2D eigenvalue weighted by molar-refractivity contribution is 6.14. The average molecular weight is 458 g/mol. The van der Waals surface area contributed by atoms with Crippen molar-refractivity contribution in [3.63, 3.8) is 0 Å². The molecule has 31 heavy (non-hydrogen) atoms. The van der Waals surface area contributed by atoms with Crippen LogP contribution in [0.15, 0.2) is 82.8 Å². The lowest BCUT2D eigenvalue weighted by atomic mass is 10.1. The van der Waals surface area contributed by atoms with Crippen molar-refractivity contribution in [2.75, 3.05) is 17.2 Å². The minimum atomic E-state index is -0.283. The summed E-state index contributed by atoms with van der Waals surface area (Å²) in [6.45, 7) is 2.56. The molecule has 1 amide bonds. The summed E-state index contributed by atoms with van der Waals surface area (Å²) in [5.41, 5.74) is 2.85. The van der Waals surface area contributed by atoms with Gasteiger partial charge in [0.1, 0.15) is 11.4 Å². The Morgan fingerprint density at radius 2 is 1.90 bits per heavy atom. The molecule has 9 heteroatoms. The predicted octanol–water partition coefficient (Wildman–Crippen LogP) is 5.20. The Bertz CT molecular complexity index is 1180. The standard InChI is InChI=1S/C22H19N5O2.2ClH/c1-2-24-21(16-7-8-19-15(13-16)9-12-29-19)26-18-6-4-3-5-17(18)22(28)27-20-14-23-10-11-25-20;;/h3-14H,2H2,1H3,(H,24,26)(H,25,27,28);2*1H. The van der Waals surface area contributed by atoms with Crippen LogP contribution in [0.5, 0.6) is 0 Å². The average Bonchev–Trinajstić information content (AvgIpc) is 3.22. The summed E-state index contributed by atoms with van der Waals surface area (Å²) in [6, 6.07) is 15.0. The highest BCUT2D eigenvalue weighted by atomic mass is 35.5. The predicted molar refractivity (Wildman–Crippen MR) is 128 cm³/mol. The summed E-state index contributed by atoms with van der Waals surface area (Å²) >= 11 is 0. The molecule has 7 nitrogen and oxygen atoms in total. The zero-order chi connectivity index (χ0) is 20.1. The number of fused-ring (bicyclic) bond motifs is 1. The van der Waals surface area contributed by atoms with Gasteiger partial charge in [0.2, 0.25) is 0 Å². The van der Waals surface area contributed by atoms with Crippen molar-refractivity contribution in [1.82, 2.24) is 9.97 Å². The van der Waals surface area contributed by atoms with Crippen molar-refractivity contribution in [3.8, 4) is 0 Å². The molecule has 2 N–H and O–H groups in total. The first-order valence-electron chi connectivity index (χ1n) is 9.20. The van der Waals surface area contributed by atoms with E-state index in [1.165, 1.54) is 12.4 Å². The molecule has 4 rings (SSSR count). The van der Waals surface area contributed by atoms with E-state index in [0.717, 1.165) is 16.5 Å². The molecule has 4 aromatic rings. The van der Waals surface area contributed by atoms with Gasteiger partial charge in [-0.05, 0) is 43.3 Å². The van der Waals surface area contributed by atoms with Crippen LogP contribution < -0.4 is 10.6 Å². The quantitative estimate of drug-likeness (QED) is 0.317. The maximum absolute atomic E-state index is 12.8. The number of para-hydroxylation sites is 1. The van der Waals surface area contributed by atoms with Crippen molar-refractivity contribution in [3.05, 3.63) is 84.5 Å². The number of furan rings is 1. The second-order valence-electron chi connectivity index (χ2n) is 6.21. The third-order valence-electron chi connectivity index (χ3n) is 4.27. The zero-order valence-corrected chi connectivity index (χ0v) is 18.2. The van der Waals surface area contributed by atoms with Crippen LogP contribution in [0.2, 0.25) is 0 Å². The fourth-order valence-electron chi connectivity index (χ4n) is 2.94. The number of carbonyl (C=O) groups is 1. The third kappa shape index (κ3) is 5.59. The summed E-state index contributed by atoms with van der Waals surface area (Å²) in [4.78, 5) is 25.4. The first kappa shape index (κ1) is 23.9. The van der Waals surface area contributed by atoms with Crippen molar-refractivity contribution >= 4 is 59.0 Å². The molecule has 2 aromatic heterocycles. The van der Waals surface area contributed by atoms with E-state index in [0.29, 0.717) is 29.4 Å². The maximum atomic E-state index is 12.8. The number of benzene rings is 2. The van der Waals surface area contributed by atoms with Crippen molar-refractivity contribution in [2.45, 2.75) is 6.92 Å². The molecule has 0 saturated carbocycles. The minimum absolute atomic E-state index is 0. The van der Waals surface area contributed by atoms with Crippen LogP contribution in [-0.2, 0) is 0 Å². The fraction of sp³-hybridized carbons (Fsp3) is 0.0909. The molecule has 0 atom stereocenters. The first-order valence-corrected chi connectivity index (χ1v) is 9.20. The number of carbonyl (C=O) groups excluding carboxylic acids is 1. The smallest absolute Gasteiger partial charge is 0.258 e. The normalized spacial score (nSPS) is 10.7. The summed E-state index contributed by atoms with van der Waals surface area (Å²) in [6.07, 6.45) is 6.23. The number of amidine groups is 1. The lowest BCUT2D eigenvalue weighted by Crippen LogP contribution is -2.19. The Hall–Kier alpha value is -3.42. The highest BCUT2D eigenvalue weighted by Crippen LogP contribution is 2.21. The molecule has 0 aliphatic heterocycles. The van der Waals surface area contributed by atoms with E-state index >= 15 is 0 Å². The Morgan fingerprint density at radius 1 is 1.06 bits per heavy atom. The summed E-state index contributed by atoms with van der Waals surface area (Å²) < 4.78 is 5.41. The van der Waals surface area contributed by atoms with Crippen LogP contribution in [0.1, 0.15) is 22.8 Å². The molecule has 0 radical (unpaired) electrons. The molecule has 0 aliphatic carbocycles. The van der Waals surface area contributed by atoms with Crippen LogP contribution in [0.25, 0.3) is 11.0 Å². The van der Waals surface area contributed by atoms with Crippen LogP contribution in [0.4, 0.5) is 11.5 Å². The third-order valence-corrected chi connectivity index (χ3v) is 4.27. The van der Waals surface area contributed by atoms with E-state index in [-0.39, 0.29) is 30.7 Å². The van der Waals surface area contributed by atoms with Gasteiger partial charge >= 0.3 is 0 Å². The maximum Gasteiger partial charge on any atom is 0.258 e. The SMILES string of the molecule is CCN=C(Nc1ccccc1C(=O)Nc1cnccn1)c1ccc2occc2c1.Cl.Cl. The van der Waals surface area contributed by atoms with Gasteiger partial charge in [-0.25, -0.2) is 4.98 Å². The monoisotopic (exact) mass is 457 g/mol. The topological polar surface area (TPSA) is 92.4 Å². The molecule has 0 saturated heterocycles. The molecule has 160 valence electrons. The number of rotatable bonds is 5. The lowest BCUT2D eigenvalue weighted by molar-refractivity contribution is 0.102. The molecule has 0 spiro atoms. The van der Waals surface area contributed by atoms with Gasteiger partial charge < -0.3 is 15.1 Å². The number of aromatic nitrogens is 2. The zero-order valence-electron chi connectivity index (χ0n) is 16.6. The van der Waals surface area contributed by atoms with Gasteiger partial charge in [0.25, 0.3) is 5.91 Å². The van der Waals surface area contributed by atoms with E-state index in [9.17, 15) is 4.79 Å². The molecular formula is C22H21Cl2N5O2. The van der Waals surface area contributed by atoms with Gasteiger partial charge in [-0.3, -0.25) is 14.8 Å². The second-order valence-corrected chi connectivity index (χ2v) is 6.21. The van der Waals surface area contributed by atoms with Crippen molar-refractivity contribution in [2.24, 2.45) is 4.99 Å². The van der Waals surface area contributed by atoms with Crippen LogP contribution >= 0.6 is 24.8 Å². The summed E-state index contributed by atoms with van der Waals surface area (Å²) in [5.74, 6) is 0.783. The van der Waals surface area contributed by atoms with Gasteiger partial charge in [-0.1, -0.05) is 12.1 Å².